The van der Waals surface area contributed by atoms with Crippen LogP contribution < -0.4 is 0 Å². The lowest BCUT2D eigenvalue weighted by Gasteiger charge is -2.77. The van der Waals surface area contributed by atoms with E-state index in [0.29, 0.717) is 18.8 Å². The van der Waals surface area contributed by atoms with Gasteiger partial charge in [0.25, 0.3) is 0 Å². The molecule has 0 aromatic rings. The van der Waals surface area contributed by atoms with Crippen LogP contribution in [0, 0.1) is 73.4 Å². The summed E-state index contributed by atoms with van der Waals surface area (Å²) in [6.45, 7) is 6.39. The summed E-state index contributed by atoms with van der Waals surface area (Å²) in [5.74, 6) is 6.73. The van der Waals surface area contributed by atoms with Crippen LogP contribution in [0.25, 0.3) is 0 Å². The molecule has 3 spiro atoms. The summed E-state index contributed by atoms with van der Waals surface area (Å²) in [6.07, 6.45) is 17.7. The summed E-state index contributed by atoms with van der Waals surface area (Å²) >= 11 is 0. The van der Waals surface area contributed by atoms with Crippen LogP contribution in [0.1, 0.15) is 124 Å². The van der Waals surface area contributed by atoms with Gasteiger partial charge in [0.15, 0.2) is 5.78 Å². The number of aliphatic hydroxyl groups is 5. The highest BCUT2D eigenvalue weighted by atomic mass is 16.3. The molecular formula is C42H58O6. The maximum absolute atomic E-state index is 15.4. The lowest BCUT2D eigenvalue weighted by atomic mass is 9.26. The Hall–Kier alpha value is -1.49. The predicted octanol–water partition coefficient (Wildman–Crippen LogP) is 5.64. The Kier molecular flexibility index (Phi) is 6.68. The third kappa shape index (κ3) is 3.35. The summed E-state index contributed by atoms with van der Waals surface area (Å²) < 4.78 is 0. The second-order valence-electron chi connectivity index (χ2n) is 19.5. The van der Waals surface area contributed by atoms with Crippen LogP contribution in [0.3, 0.4) is 0 Å². The SMILES string of the molecule is CC12CCC#CC(O)C34C(C1)C1=CC(=O)C5C67CCCCC5(CCC6C(C)(C(O)CO)C(O)CC7)C1(C)CC3(O)C=CC1CCCC14C2. The third-order valence-corrected chi connectivity index (χ3v) is 18.3. The van der Waals surface area contributed by atoms with Crippen molar-refractivity contribution in [3.8, 4) is 11.8 Å². The van der Waals surface area contributed by atoms with E-state index in [1.165, 1.54) is 5.57 Å². The van der Waals surface area contributed by atoms with E-state index >= 15 is 4.79 Å². The van der Waals surface area contributed by atoms with Crippen LogP contribution in [0.5, 0.6) is 0 Å². The Balaban J connectivity index is 1.29. The Bertz CT molecular complexity index is 1550. The summed E-state index contributed by atoms with van der Waals surface area (Å²) in [5.41, 5.74) is -3.29. The molecule has 0 aromatic carbocycles. The third-order valence-electron chi connectivity index (χ3n) is 18.3. The van der Waals surface area contributed by atoms with E-state index in [9.17, 15) is 25.5 Å². The molecule has 6 heteroatoms. The van der Waals surface area contributed by atoms with Gasteiger partial charge < -0.3 is 25.5 Å². The van der Waals surface area contributed by atoms with E-state index in [2.05, 4.69) is 43.9 Å². The van der Waals surface area contributed by atoms with E-state index in [1.807, 2.05) is 6.92 Å². The van der Waals surface area contributed by atoms with Crippen molar-refractivity contribution in [3.05, 3.63) is 23.8 Å². The van der Waals surface area contributed by atoms with E-state index in [4.69, 9.17) is 0 Å². The molecule has 0 saturated heterocycles. The standard InChI is InChI=1S/C42H58O6/c1-35-14-5-4-10-32(46)42-28(22-35)27-21-29(44)34-38-15-6-7-16-39(34,19-12-30(38)37(3,33(47)23-43)31(45)13-18-38)36(27,2)25-41(42,48)20-11-26-9-8-17-40(26,42)24-35/h11,20-21,26,28,30-34,43,45-48H,5-9,12-19,22-25H2,1-3H3. The van der Waals surface area contributed by atoms with Gasteiger partial charge in [-0.3, -0.25) is 4.79 Å². The molecule has 6 saturated carbocycles. The van der Waals surface area contributed by atoms with Crippen molar-refractivity contribution < 1.29 is 30.3 Å². The van der Waals surface area contributed by atoms with Crippen LogP contribution in [0.2, 0.25) is 0 Å². The quantitative estimate of drug-likeness (QED) is 0.194. The first-order valence-electron chi connectivity index (χ1n) is 19.5. The van der Waals surface area contributed by atoms with Crippen molar-refractivity contribution in [2.24, 2.45) is 61.6 Å². The van der Waals surface area contributed by atoms with Gasteiger partial charge in [-0.15, -0.1) is 5.92 Å². The van der Waals surface area contributed by atoms with E-state index < -0.39 is 46.8 Å². The molecule has 48 heavy (non-hydrogen) atoms. The number of hydrogen-bond donors (Lipinski definition) is 5. The molecule has 10 aliphatic rings. The first-order chi connectivity index (χ1) is 22.7. The van der Waals surface area contributed by atoms with E-state index in [1.54, 1.807) is 0 Å². The van der Waals surface area contributed by atoms with E-state index in [-0.39, 0.29) is 45.2 Å². The largest absolute Gasteiger partial charge is 0.394 e. The maximum Gasteiger partial charge on any atom is 0.159 e. The Morgan fingerprint density at radius 2 is 1.71 bits per heavy atom. The number of allylic oxidation sites excluding steroid dienone is 3. The molecule has 0 amide bonds. The number of carbonyl (C=O) groups is 1. The Labute approximate surface area is 286 Å². The fraction of sp³-hybridized carbons (Fsp3) is 0.833. The van der Waals surface area contributed by atoms with Gasteiger partial charge >= 0.3 is 0 Å². The van der Waals surface area contributed by atoms with Crippen LogP contribution >= 0.6 is 0 Å². The monoisotopic (exact) mass is 658 g/mol. The van der Waals surface area contributed by atoms with Crippen LogP contribution in [-0.2, 0) is 4.79 Å². The van der Waals surface area contributed by atoms with Gasteiger partial charge in [-0.1, -0.05) is 63.7 Å². The summed E-state index contributed by atoms with van der Waals surface area (Å²) in [7, 11) is 0. The van der Waals surface area contributed by atoms with E-state index in [0.717, 1.165) is 89.9 Å². The van der Waals surface area contributed by atoms with Crippen molar-refractivity contribution in [3.63, 3.8) is 0 Å². The maximum atomic E-state index is 15.4. The average Bonchev–Trinajstić information content (AvgIpc) is 3.43. The first kappa shape index (κ1) is 32.4. The second kappa shape index (κ2) is 9.88. The highest BCUT2D eigenvalue weighted by Gasteiger charge is 2.82. The van der Waals surface area contributed by atoms with Gasteiger partial charge in [-0.25, -0.2) is 0 Å². The Morgan fingerprint density at radius 3 is 2.50 bits per heavy atom. The Morgan fingerprint density at radius 1 is 0.938 bits per heavy atom. The minimum absolute atomic E-state index is 0.00231. The molecule has 6 nitrogen and oxygen atoms in total. The lowest BCUT2D eigenvalue weighted by Crippen LogP contribution is -2.78. The van der Waals surface area contributed by atoms with Crippen molar-refractivity contribution in [1.82, 2.24) is 0 Å². The molecule has 10 rings (SSSR count). The molecule has 15 atom stereocenters. The highest BCUT2D eigenvalue weighted by molar-refractivity contribution is 5.96. The average molecular weight is 659 g/mol. The summed E-state index contributed by atoms with van der Waals surface area (Å²) in [6, 6.07) is 0. The normalized spacial score (nSPS) is 58.2. The molecule has 262 valence electrons. The number of carbonyl (C=O) groups excluding carboxylic acids is 1. The fourth-order valence-corrected chi connectivity index (χ4v) is 16.8. The first-order valence-corrected chi connectivity index (χ1v) is 19.5. The van der Waals surface area contributed by atoms with Gasteiger partial charge in [0.05, 0.1) is 29.8 Å². The summed E-state index contributed by atoms with van der Waals surface area (Å²) in [4.78, 5) is 15.4. The lowest BCUT2D eigenvalue weighted by molar-refractivity contribution is -0.293. The number of hydrogen-bond acceptors (Lipinski definition) is 6. The second-order valence-corrected chi connectivity index (χ2v) is 19.5. The summed E-state index contributed by atoms with van der Waals surface area (Å²) in [5, 5.41) is 59.3. The zero-order chi connectivity index (χ0) is 33.8. The van der Waals surface area contributed by atoms with Crippen molar-refractivity contribution in [1.29, 1.82) is 0 Å². The minimum atomic E-state index is -1.26. The topological polar surface area (TPSA) is 118 Å². The minimum Gasteiger partial charge on any atom is -0.394 e. The van der Waals surface area contributed by atoms with Gasteiger partial charge in [-0.05, 0) is 128 Å². The molecule has 10 aliphatic carbocycles. The number of ketones is 1. The van der Waals surface area contributed by atoms with Gasteiger partial charge in [0.1, 0.15) is 6.10 Å². The van der Waals surface area contributed by atoms with Crippen molar-refractivity contribution in [2.45, 2.75) is 147 Å². The molecular weight excluding hydrogens is 600 g/mol. The predicted molar refractivity (Wildman–Crippen MR) is 182 cm³/mol. The number of fused-ring (bicyclic) bond motifs is 4. The molecule has 5 N–H and O–H groups in total. The molecule has 0 aromatic heterocycles. The van der Waals surface area contributed by atoms with Crippen molar-refractivity contribution >= 4 is 5.78 Å². The smallest absolute Gasteiger partial charge is 0.159 e. The molecule has 15 unspecified atom stereocenters. The molecule has 0 aliphatic heterocycles. The number of aliphatic hydroxyl groups excluding tert-OH is 4. The molecule has 6 fully saturated rings. The van der Waals surface area contributed by atoms with Gasteiger partial charge in [0.2, 0.25) is 0 Å². The zero-order valence-electron chi connectivity index (χ0n) is 29.4. The van der Waals surface area contributed by atoms with Crippen molar-refractivity contribution in [2.75, 3.05) is 6.61 Å². The van der Waals surface area contributed by atoms with Gasteiger partial charge in [0, 0.05) is 17.8 Å². The zero-order valence-corrected chi connectivity index (χ0v) is 29.4. The fourth-order valence-electron chi connectivity index (χ4n) is 16.8. The molecule has 4 bridgehead atoms. The van der Waals surface area contributed by atoms with Crippen LogP contribution in [0.15, 0.2) is 23.8 Å². The highest BCUT2D eigenvalue weighted by Crippen LogP contribution is 2.84. The van der Waals surface area contributed by atoms with Gasteiger partial charge in [-0.2, -0.15) is 0 Å². The molecule has 0 radical (unpaired) electrons. The van der Waals surface area contributed by atoms with Crippen LogP contribution in [0.4, 0.5) is 0 Å². The molecule has 0 heterocycles. The number of rotatable bonds is 2. The van der Waals surface area contributed by atoms with Crippen LogP contribution in [-0.4, -0.2) is 61.8 Å².